The van der Waals surface area contributed by atoms with Gasteiger partial charge in [-0.1, -0.05) is 23.4 Å². The molecule has 0 bridgehead atoms. The molecule has 2 heterocycles. The zero-order chi connectivity index (χ0) is 25.8. The van der Waals surface area contributed by atoms with Gasteiger partial charge in [0.1, 0.15) is 0 Å². The van der Waals surface area contributed by atoms with Crippen molar-refractivity contribution in [3.8, 4) is 22.6 Å². The van der Waals surface area contributed by atoms with E-state index in [1.165, 1.54) is 12.1 Å². The minimum atomic E-state index is -1.56. The average Bonchev–Trinajstić information content (AvgIpc) is 3.34. The van der Waals surface area contributed by atoms with Gasteiger partial charge in [0.05, 0.1) is 12.2 Å². The summed E-state index contributed by atoms with van der Waals surface area (Å²) in [7, 11) is 3.98. The minimum Gasteiger partial charge on any atom is -0.323 e. The summed E-state index contributed by atoms with van der Waals surface area (Å²) in [6.45, 7) is 4.37. The second-order valence-electron chi connectivity index (χ2n) is 8.45. The number of rotatable bonds is 9. The van der Waals surface area contributed by atoms with E-state index in [0.717, 1.165) is 35.5 Å². The van der Waals surface area contributed by atoms with Crippen LogP contribution in [-0.2, 0) is 6.54 Å². The molecule has 0 unspecified atom stereocenters. The van der Waals surface area contributed by atoms with E-state index in [2.05, 4.69) is 20.1 Å². The summed E-state index contributed by atoms with van der Waals surface area (Å²) in [4.78, 5) is 21.0. The fraction of sp³-hybridized carbons (Fsp3) is 0.280. The first-order valence-corrected chi connectivity index (χ1v) is 11.3. The van der Waals surface area contributed by atoms with Crippen LogP contribution in [0.15, 0.2) is 57.8 Å². The van der Waals surface area contributed by atoms with Gasteiger partial charge in [-0.05, 0) is 50.8 Å². The Bertz CT molecular complexity index is 1400. The number of anilines is 1. The molecular formula is C25H25F3N6O2. The van der Waals surface area contributed by atoms with E-state index in [1.807, 2.05) is 38.1 Å². The van der Waals surface area contributed by atoms with Crippen molar-refractivity contribution in [2.75, 3.05) is 38.6 Å². The Morgan fingerprint density at radius 1 is 0.972 bits per heavy atom. The quantitative estimate of drug-likeness (QED) is 0.325. The largest absolute Gasteiger partial charge is 0.324 e. The van der Waals surface area contributed by atoms with Crippen molar-refractivity contribution in [2.45, 2.75) is 13.5 Å². The number of nitrogens with zero attached hydrogens (tertiary/aromatic N) is 6. The molecule has 0 saturated carbocycles. The summed E-state index contributed by atoms with van der Waals surface area (Å²) < 4.78 is 47.3. The molecule has 11 heteroatoms. The van der Waals surface area contributed by atoms with Gasteiger partial charge in [-0.3, -0.25) is 4.79 Å². The van der Waals surface area contributed by atoms with E-state index in [-0.39, 0.29) is 17.8 Å². The normalized spacial score (nSPS) is 11.3. The summed E-state index contributed by atoms with van der Waals surface area (Å²) in [5.41, 5.74) is 1.15. The standard InChI is InChI=1S/C25H25F3N6O2/c1-4-33(11-10-32(2)3)25-29-24(31-36-25)17-7-5-6-16(12-17)15-34-22(35)9-8-21(30-34)18-13-19(26)23(28)20(27)14-18/h5-9,12-14H,4,10-11,15H2,1-3H3. The number of aromatic nitrogens is 4. The monoisotopic (exact) mass is 498 g/mol. The Labute approximate surface area is 205 Å². The van der Waals surface area contributed by atoms with Crippen LogP contribution in [0.5, 0.6) is 0 Å². The van der Waals surface area contributed by atoms with Gasteiger partial charge in [-0.15, -0.1) is 0 Å². The van der Waals surface area contributed by atoms with Gasteiger partial charge in [-0.25, -0.2) is 17.9 Å². The molecule has 0 atom stereocenters. The van der Waals surface area contributed by atoms with Crippen LogP contribution >= 0.6 is 0 Å². The maximum atomic E-state index is 13.7. The summed E-state index contributed by atoms with van der Waals surface area (Å²) in [5, 5.41) is 8.31. The Hall–Kier alpha value is -3.99. The zero-order valence-electron chi connectivity index (χ0n) is 20.1. The van der Waals surface area contributed by atoms with Crippen LogP contribution in [0.2, 0.25) is 0 Å². The number of benzene rings is 2. The topological polar surface area (TPSA) is 80.3 Å². The Morgan fingerprint density at radius 3 is 2.42 bits per heavy atom. The molecule has 0 aliphatic heterocycles. The molecule has 0 amide bonds. The molecule has 4 rings (SSSR count). The van der Waals surface area contributed by atoms with Crippen LogP contribution < -0.4 is 10.5 Å². The highest BCUT2D eigenvalue weighted by molar-refractivity contribution is 5.59. The fourth-order valence-electron chi connectivity index (χ4n) is 3.57. The Balaban J connectivity index is 1.57. The van der Waals surface area contributed by atoms with Crippen molar-refractivity contribution in [2.24, 2.45) is 0 Å². The third-order valence-electron chi connectivity index (χ3n) is 5.55. The lowest BCUT2D eigenvalue weighted by atomic mass is 10.1. The first-order valence-electron chi connectivity index (χ1n) is 11.3. The highest BCUT2D eigenvalue weighted by Gasteiger charge is 2.16. The van der Waals surface area contributed by atoms with Gasteiger partial charge in [0.2, 0.25) is 5.82 Å². The van der Waals surface area contributed by atoms with Crippen molar-refractivity contribution in [1.29, 1.82) is 0 Å². The van der Waals surface area contributed by atoms with E-state index in [1.54, 1.807) is 12.1 Å². The maximum absolute atomic E-state index is 13.7. The summed E-state index contributed by atoms with van der Waals surface area (Å²) >= 11 is 0. The van der Waals surface area contributed by atoms with Crippen LogP contribution in [0.1, 0.15) is 12.5 Å². The first kappa shape index (κ1) is 25.1. The van der Waals surface area contributed by atoms with Crippen molar-refractivity contribution in [3.63, 3.8) is 0 Å². The SMILES string of the molecule is CCN(CCN(C)C)c1nc(-c2cccc(Cn3nc(-c4cc(F)c(F)c(F)c4)ccc3=O)c2)no1. The molecule has 0 aliphatic rings. The van der Waals surface area contributed by atoms with Crippen molar-refractivity contribution < 1.29 is 17.7 Å². The molecule has 0 fully saturated rings. The highest BCUT2D eigenvalue weighted by Crippen LogP contribution is 2.23. The summed E-state index contributed by atoms with van der Waals surface area (Å²) in [6, 6.07) is 11.9. The molecule has 4 aromatic rings. The summed E-state index contributed by atoms with van der Waals surface area (Å²) in [6.07, 6.45) is 0. The van der Waals surface area contributed by atoms with Gasteiger partial charge >= 0.3 is 6.01 Å². The van der Waals surface area contributed by atoms with Crippen molar-refractivity contribution in [1.82, 2.24) is 24.8 Å². The zero-order valence-corrected chi connectivity index (χ0v) is 20.1. The molecular weight excluding hydrogens is 473 g/mol. The summed E-state index contributed by atoms with van der Waals surface area (Å²) in [5.74, 6) is -3.82. The second kappa shape index (κ2) is 10.7. The lowest BCUT2D eigenvalue weighted by Gasteiger charge is -2.19. The third-order valence-corrected chi connectivity index (χ3v) is 5.55. The minimum absolute atomic E-state index is 0.0166. The van der Waals surface area contributed by atoms with Crippen molar-refractivity contribution in [3.05, 3.63) is 81.9 Å². The molecule has 0 N–H and O–H groups in total. The molecule has 36 heavy (non-hydrogen) atoms. The van der Waals surface area contributed by atoms with Gasteiger partial charge in [0, 0.05) is 36.8 Å². The molecule has 0 spiro atoms. The third kappa shape index (κ3) is 5.62. The smallest absolute Gasteiger partial charge is 0.323 e. The average molecular weight is 499 g/mol. The molecule has 0 radical (unpaired) electrons. The van der Waals surface area contributed by atoms with Crippen LogP contribution in [0, 0.1) is 17.5 Å². The van der Waals surface area contributed by atoms with Crippen LogP contribution in [0.3, 0.4) is 0 Å². The van der Waals surface area contributed by atoms with E-state index in [4.69, 9.17) is 4.52 Å². The van der Waals surface area contributed by atoms with E-state index in [9.17, 15) is 18.0 Å². The lowest BCUT2D eigenvalue weighted by Crippen LogP contribution is -2.31. The molecule has 0 saturated heterocycles. The van der Waals surface area contributed by atoms with E-state index < -0.39 is 23.0 Å². The first-order chi connectivity index (χ1) is 17.2. The Morgan fingerprint density at radius 2 is 1.72 bits per heavy atom. The van der Waals surface area contributed by atoms with Gasteiger partial charge in [0.25, 0.3) is 5.56 Å². The Kier molecular flexibility index (Phi) is 7.49. The van der Waals surface area contributed by atoms with Gasteiger partial charge < -0.3 is 14.3 Å². The molecule has 2 aromatic carbocycles. The molecule has 2 aromatic heterocycles. The van der Waals surface area contributed by atoms with E-state index in [0.29, 0.717) is 23.9 Å². The lowest BCUT2D eigenvalue weighted by molar-refractivity contribution is 0.387. The molecule has 0 aliphatic carbocycles. The van der Waals surface area contributed by atoms with Crippen molar-refractivity contribution >= 4 is 6.01 Å². The predicted molar refractivity (Wildman–Crippen MR) is 129 cm³/mol. The highest BCUT2D eigenvalue weighted by atomic mass is 19.2. The van der Waals surface area contributed by atoms with Gasteiger partial charge in [0.15, 0.2) is 17.5 Å². The van der Waals surface area contributed by atoms with Gasteiger partial charge in [-0.2, -0.15) is 10.1 Å². The number of halogens is 3. The number of hydrogen-bond donors (Lipinski definition) is 0. The predicted octanol–water partition coefficient (Wildman–Crippen LogP) is 3.81. The van der Waals surface area contributed by atoms with E-state index >= 15 is 0 Å². The van der Waals surface area contributed by atoms with Crippen LogP contribution in [0.25, 0.3) is 22.6 Å². The fourth-order valence-corrected chi connectivity index (χ4v) is 3.57. The van der Waals surface area contributed by atoms with Crippen LogP contribution in [-0.4, -0.2) is 58.6 Å². The second-order valence-corrected chi connectivity index (χ2v) is 8.45. The molecule has 8 nitrogen and oxygen atoms in total. The molecule has 188 valence electrons. The number of hydrogen-bond acceptors (Lipinski definition) is 7. The maximum Gasteiger partial charge on any atom is 0.324 e. The van der Waals surface area contributed by atoms with Crippen LogP contribution in [0.4, 0.5) is 19.2 Å². The number of likely N-dealkylation sites (N-methyl/N-ethyl adjacent to an activating group) is 2.